The summed E-state index contributed by atoms with van der Waals surface area (Å²) in [6.45, 7) is 15.0. The van der Waals surface area contributed by atoms with E-state index in [-0.39, 0.29) is 0 Å². The Morgan fingerprint density at radius 3 is 2.47 bits per heavy atom. The molecule has 0 fully saturated rings. The fraction of sp³-hybridized carbons (Fsp3) is 0.474. The highest BCUT2D eigenvalue weighted by Crippen LogP contribution is 2.40. The van der Waals surface area contributed by atoms with Crippen molar-refractivity contribution in [2.45, 2.75) is 53.9 Å². The molecule has 0 radical (unpaired) electrons. The van der Waals surface area contributed by atoms with Crippen LogP contribution in [0.4, 0.5) is 0 Å². The Hall–Kier alpha value is -1.30. The molecule has 0 aromatic rings. The lowest BCUT2D eigenvalue weighted by atomic mass is 9.72. The van der Waals surface area contributed by atoms with Crippen LogP contribution in [-0.2, 0) is 0 Å². The summed E-state index contributed by atoms with van der Waals surface area (Å²) in [4.78, 5) is 0. The molecular formula is C19H28. The van der Waals surface area contributed by atoms with E-state index in [9.17, 15) is 0 Å². The highest BCUT2D eigenvalue weighted by molar-refractivity contribution is 5.36. The van der Waals surface area contributed by atoms with Crippen molar-refractivity contribution < 1.29 is 0 Å². The van der Waals surface area contributed by atoms with E-state index in [2.05, 4.69) is 58.6 Å². The second kappa shape index (κ2) is 6.75. The molecule has 0 saturated heterocycles. The van der Waals surface area contributed by atoms with Crippen molar-refractivity contribution in [3.05, 3.63) is 59.3 Å². The summed E-state index contributed by atoms with van der Waals surface area (Å²) in [7, 11) is 0. The minimum absolute atomic E-state index is 0.326. The molecule has 19 heavy (non-hydrogen) atoms. The molecule has 0 amide bonds. The lowest BCUT2D eigenvalue weighted by Crippen LogP contribution is -2.19. The molecule has 0 heteroatoms. The van der Waals surface area contributed by atoms with Gasteiger partial charge in [-0.05, 0) is 51.0 Å². The van der Waals surface area contributed by atoms with Crippen molar-refractivity contribution in [2.24, 2.45) is 5.41 Å². The fourth-order valence-corrected chi connectivity index (χ4v) is 2.64. The Morgan fingerprint density at radius 1 is 1.21 bits per heavy atom. The van der Waals surface area contributed by atoms with Gasteiger partial charge >= 0.3 is 0 Å². The van der Waals surface area contributed by atoms with Crippen LogP contribution in [0.3, 0.4) is 0 Å². The summed E-state index contributed by atoms with van der Waals surface area (Å²) in [5.74, 6) is 0. The van der Waals surface area contributed by atoms with Gasteiger partial charge in [-0.2, -0.15) is 0 Å². The summed E-state index contributed by atoms with van der Waals surface area (Å²) in [6.07, 6.45) is 14.7. The van der Waals surface area contributed by atoms with Gasteiger partial charge in [-0.25, -0.2) is 0 Å². The lowest BCUT2D eigenvalue weighted by molar-refractivity contribution is 0.377. The zero-order valence-corrected chi connectivity index (χ0v) is 13.2. The SMILES string of the molecule is C=C(C)/C=C/C=C(C)/C=C/C1=C(C)CCCC1(C)C. The zero-order valence-electron chi connectivity index (χ0n) is 13.2. The van der Waals surface area contributed by atoms with E-state index in [4.69, 9.17) is 0 Å². The van der Waals surface area contributed by atoms with Crippen molar-refractivity contribution in [3.8, 4) is 0 Å². The Balaban J connectivity index is 2.83. The normalized spacial score (nSPS) is 20.6. The zero-order chi connectivity index (χ0) is 14.5. The average Bonchev–Trinajstić information content (AvgIpc) is 2.26. The van der Waals surface area contributed by atoms with Crippen LogP contribution in [0.15, 0.2) is 59.3 Å². The maximum absolute atomic E-state index is 3.86. The molecule has 0 aromatic carbocycles. The van der Waals surface area contributed by atoms with Crippen molar-refractivity contribution in [2.75, 3.05) is 0 Å². The first kappa shape index (κ1) is 15.8. The minimum atomic E-state index is 0.326. The molecule has 0 spiro atoms. The fourth-order valence-electron chi connectivity index (χ4n) is 2.64. The maximum Gasteiger partial charge on any atom is -0.0104 e. The van der Waals surface area contributed by atoms with Crippen LogP contribution in [0.5, 0.6) is 0 Å². The molecule has 1 aliphatic rings. The van der Waals surface area contributed by atoms with Gasteiger partial charge in [0.2, 0.25) is 0 Å². The van der Waals surface area contributed by atoms with Gasteiger partial charge < -0.3 is 0 Å². The smallest absolute Gasteiger partial charge is 0.0104 e. The topological polar surface area (TPSA) is 0 Å². The summed E-state index contributed by atoms with van der Waals surface area (Å²) >= 11 is 0. The van der Waals surface area contributed by atoms with Crippen molar-refractivity contribution >= 4 is 0 Å². The van der Waals surface area contributed by atoms with E-state index in [1.165, 1.54) is 30.4 Å². The van der Waals surface area contributed by atoms with E-state index < -0.39 is 0 Å². The molecule has 0 saturated carbocycles. The Labute approximate surface area is 119 Å². The van der Waals surface area contributed by atoms with Crippen molar-refractivity contribution in [1.29, 1.82) is 0 Å². The molecule has 0 atom stereocenters. The Kier molecular flexibility index (Phi) is 5.60. The third kappa shape index (κ3) is 5.06. The van der Waals surface area contributed by atoms with Crippen LogP contribution in [0, 0.1) is 5.41 Å². The quantitative estimate of drug-likeness (QED) is 0.529. The first-order valence-electron chi connectivity index (χ1n) is 7.22. The summed E-state index contributed by atoms with van der Waals surface area (Å²) in [5.41, 5.74) is 5.76. The summed E-state index contributed by atoms with van der Waals surface area (Å²) in [5, 5.41) is 0. The Morgan fingerprint density at radius 2 is 1.89 bits per heavy atom. The van der Waals surface area contributed by atoms with Gasteiger partial charge in [0.15, 0.2) is 0 Å². The summed E-state index contributed by atoms with van der Waals surface area (Å²) in [6, 6.07) is 0. The molecule has 0 bridgehead atoms. The third-order valence-corrected chi connectivity index (χ3v) is 3.80. The van der Waals surface area contributed by atoms with E-state index in [0.717, 1.165) is 5.57 Å². The maximum atomic E-state index is 3.86. The van der Waals surface area contributed by atoms with Crippen LogP contribution in [0.1, 0.15) is 53.9 Å². The van der Waals surface area contributed by atoms with Gasteiger partial charge in [-0.1, -0.05) is 67.5 Å². The average molecular weight is 256 g/mol. The molecule has 0 N–H and O–H groups in total. The molecule has 0 aromatic heterocycles. The number of allylic oxidation sites excluding steroid dienone is 9. The van der Waals surface area contributed by atoms with Crippen LogP contribution in [0.2, 0.25) is 0 Å². The van der Waals surface area contributed by atoms with Gasteiger partial charge in [0.1, 0.15) is 0 Å². The van der Waals surface area contributed by atoms with Crippen molar-refractivity contribution in [3.63, 3.8) is 0 Å². The number of hydrogen-bond acceptors (Lipinski definition) is 0. The molecule has 0 nitrogen and oxygen atoms in total. The standard InChI is InChI=1S/C19H28/c1-15(2)9-7-10-16(3)12-13-18-17(4)11-8-14-19(18,5)6/h7,9-10,12-13H,1,8,11,14H2,2-6H3/b9-7+,13-12+,16-10+. The lowest BCUT2D eigenvalue weighted by Gasteiger charge is -2.32. The highest BCUT2D eigenvalue weighted by Gasteiger charge is 2.26. The predicted molar refractivity (Wildman–Crippen MR) is 87.2 cm³/mol. The van der Waals surface area contributed by atoms with Crippen LogP contribution in [-0.4, -0.2) is 0 Å². The van der Waals surface area contributed by atoms with Gasteiger partial charge in [0, 0.05) is 0 Å². The molecule has 104 valence electrons. The molecule has 0 unspecified atom stereocenters. The van der Waals surface area contributed by atoms with E-state index >= 15 is 0 Å². The van der Waals surface area contributed by atoms with Gasteiger partial charge in [0.05, 0.1) is 0 Å². The Bertz CT molecular complexity index is 450. The highest BCUT2D eigenvalue weighted by atomic mass is 14.3. The third-order valence-electron chi connectivity index (χ3n) is 3.80. The summed E-state index contributed by atoms with van der Waals surface area (Å²) < 4.78 is 0. The molecular weight excluding hydrogens is 228 g/mol. The van der Waals surface area contributed by atoms with Gasteiger partial charge in [0.25, 0.3) is 0 Å². The second-order valence-electron chi connectivity index (χ2n) is 6.38. The predicted octanol–water partition coefficient (Wildman–Crippen LogP) is 6.15. The van der Waals surface area contributed by atoms with Gasteiger partial charge in [-0.15, -0.1) is 0 Å². The first-order chi connectivity index (χ1) is 8.83. The van der Waals surface area contributed by atoms with E-state index in [1.54, 1.807) is 5.57 Å². The van der Waals surface area contributed by atoms with Gasteiger partial charge in [-0.3, -0.25) is 0 Å². The molecule has 0 heterocycles. The molecule has 1 aliphatic carbocycles. The van der Waals surface area contributed by atoms with E-state index in [0.29, 0.717) is 5.41 Å². The van der Waals surface area contributed by atoms with E-state index in [1.807, 2.05) is 13.0 Å². The van der Waals surface area contributed by atoms with Crippen molar-refractivity contribution in [1.82, 2.24) is 0 Å². The molecule has 0 aliphatic heterocycles. The monoisotopic (exact) mass is 256 g/mol. The number of rotatable bonds is 4. The van der Waals surface area contributed by atoms with Crippen LogP contribution < -0.4 is 0 Å². The largest absolute Gasteiger partial charge is 0.0961 e. The first-order valence-corrected chi connectivity index (χ1v) is 7.22. The number of hydrogen-bond donors (Lipinski definition) is 0. The second-order valence-corrected chi connectivity index (χ2v) is 6.38. The minimum Gasteiger partial charge on any atom is -0.0961 e. The molecule has 1 rings (SSSR count). The van der Waals surface area contributed by atoms with Crippen LogP contribution in [0.25, 0.3) is 0 Å². The van der Waals surface area contributed by atoms with Crippen LogP contribution >= 0.6 is 0 Å².